The number of hydrogen-bond acceptors (Lipinski definition) is 3. The van der Waals surface area contributed by atoms with E-state index < -0.39 is 30.4 Å². The van der Waals surface area contributed by atoms with Crippen molar-refractivity contribution in [3.8, 4) is 5.75 Å². The van der Waals surface area contributed by atoms with Gasteiger partial charge in [0.25, 0.3) is 0 Å². The molecule has 5 nitrogen and oxygen atoms in total. The van der Waals surface area contributed by atoms with Gasteiger partial charge in [-0.3, -0.25) is 4.79 Å². The lowest BCUT2D eigenvalue weighted by atomic mass is 10.1. The van der Waals surface area contributed by atoms with Crippen molar-refractivity contribution in [3.63, 3.8) is 0 Å². The summed E-state index contributed by atoms with van der Waals surface area (Å²) in [5.41, 5.74) is 0.270. The Balaban J connectivity index is 2.59. The minimum Gasteiger partial charge on any atom is -0.494 e. The third-order valence-corrected chi connectivity index (χ3v) is 2.67. The van der Waals surface area contributed by atoms with Gasteiger partial charge in [-0.1, -0.05) is 12.1 Å². The molecule has 0 aromatic heterocycles. The van der Waals surface area contributed by atoms with Crippen molar-refractivity contribution in [2.45, 2.75) is 18.9 Å². The second-order valence-corrected chi connectivity index (χ2v) is 4.05. The van der Waals surface area contributed by atoms with Crippen LogP contribution in [0.5, 0.6) is 5.75 Å². The van der Waals surface area contributed by atoms with Gasteiger partial charge in [0.1, 0.15) is 6.67 Å². The van der Waals surface area contributed by atoms with Crippen molar-refractivity contribution in [1.82, 2.24) is 5.32 Å². The van der Waals surface area contributed by atoms with Crippen LogP contribution in [0.3, 0.4) is 0 Å². The average Bonchev–Trinajstić information content (AvgIpc) is 2.43. The molecule has 0 radical (unpaired) electrons. The van der Waals surface area contributed by atoms with E-state index in [0.29, 0.717) is 0 Å². The maximum absolute atomic E-state index is 13.8. The normalized spacial score (nSPS) is 11.8. The number of rotatable bonds is 7. The molecule has 0 heterocycles. The lowest BCUT2D eigenvalue weighted by molar-refractivity contribution is -0.142. The summed E-state index contributed by atoms with van der Waals surface area (Å²) in [6.45, 7) is -1.20. The van der Waals surface area contributed by atoms with E-state index in [9.17, 15) is 18.4 Å². The molecule has 1 unspecified atom stereocenters. The fourth-order valence-electron chi connectivity index (χ4n) is 1.59. The average molecular weight is 287 g/mol. The number of carboxylic acids is 1. The molecule has 0 bridgehead atoms. The summed E-state index contributed by atoms with van der Waals surface area (Å²) in [4.78, 5) is 22.0. The largest absolute Gasteiger partial charge is 0.494 e. The quantitative estimate of drug-likeness (QED) is 0.792. The lowest BCUT2D eigenvalue weighted by Crippen LogP contribution is -2.42. The Labute approximate surface area is 114 Å². The Hall–Kier alpha value is -2.18. The first-order valence-corrected chi connectivity index (χ1v) is 5.89. The molecule has 1 aromatic carbocycles. The summed E-state index contributed by atoms with van der Waals surface area (Å²) in [6.07, 6.45) is -0.0820. The SMILES string of the molecule is COc1cccc(CCC(=O)NC(CF)C(=O)O)c1F. The number of carbonyl (C=O) groups excluding carboxylic acids is 1. The van der Waals surface area contributed by atoms with Crippen molar-refractivity contribution < 1.29 is 28.2 Å². The van der Waals surface area contributed by atoms with Gasteiger partial charge in [0.2, 0.25) is 5.91 Å². The second-order valence-electron chi connectivity index (χ2n) is 4.05. The number of amides is 1. The zero-order valence-corrected chi connectivity index (χ0v) is 10.9. The van der Waals surface area contributed by atoms with E-state index in [-0.39, 0.29) is 24.2 Å². The first-order chi connectivity index (χ1) is 9.49. The van der Waals surface area contributed by atoms with Crippen LogP contribution in [-0.2, 0) is 16.0 Å². The van der Waals surface area contributed by atoms with Crippen LogP contribution in [-0.4, -0.2) is 36.8 Å². The van der Waals surface area contributed by atoms with E-state index in [1.807, 2.05) is 5.32 Å². The molecular weight excluding hydrogens is 272 g/mol. The fourth-order valence-corrected chi connectivity index (χ4v) is 1.59. The molecule has 0 aliphatic carbocycles. The maximum Gasteiger partial charge on any atom is 0.328 e. The van der Waals surface area contributed by atoms with Gasteiger partial charge >= 0.3 is 5.97 Å². The molecule has 110 valence electrons. The number of aliphatic carboxylic acids is 1. The molecule has 1 amide bonds. The van der Waals surface area contributed by atoms with E-state index in [0.717, 1.165) is 0 Å². The van der Waals surface area contributed by atoms with E-state index in [1.165, 1.54) is 19.2 Å². The first-order valence-electron chi connectivity index (χ1n) is 5.89. The topological polar surface area (TPSA) is 75.6 Å². The summed E-state index contributed by atoms with van der Waals surface area (Å²) in [7, 11) is 1.33. The number of aryl methyl sites for hydroxylation is 1. The highest BCUT2D eigenvalue weighted by atomic mass is 19.1. The summed E-state index contributed by atoms with van der Waals surface area (Å²) in [5.74, 6) is -2.61. The van der Waals surface area contributed by atoms with Gasteiger partial charge in [-0.2, -0.15) is 0 Å². The van der Waals surface area contributed by atoms with Crippen LogP contribution < -0.4 is 10.1 Å². The van der Waals surface area contributed by atoms with Gasteiger partial charge in [0.15, 0.2) is 17.6 Å². The van der Waals surface area contributed by atoms with Crippen molar-refractivity contribution in [3.05, 3.63) is 29.6 Å². The van der Waals surface area contributed by atoms with Crippen LogP contribution in [0.25, 0.3) is 0 Å². The highest BCUT2D eigenvalue weighted by Gasteiger charge is 2.19. The Morgan fingerprint density at radius 3 is 2.70 bits per heavy atom. The fraction of sp³-hybridized carbons (Fsp3) is 0.385. The summed E-state index contributed by atoms with van der Waals surface area (Å²) in [6, 6.07) is 2.95. The minimum atomic E-state index is -1.57. The van der Waals surface area contributed by atoms with E-state index >= 15 is 0 Å². The highest BCUT2D eigenvalue weighted by Crippen LogP contribution is 2.20. The zero-order valence-electron chi connectivity index (χ0n) is 10.9. The van der Waals surface area contributed by atoms with Crippen LogP contribution in [0.2, 0.25) is 0 Å². The standard InChI is InChI=1S/C13H15F2NO4/c1-20-10-4-2-3-8(12(10)15)5-6-11(17)16-9(7-14)13(18)19/h2-4,9H,5-7H2,1H3,(H,16,17)(H,18,19). The number of carboxylic acid groups (broad SMARTS) is 1. The number of benzene rings is 1. The molecule has 0 aliphatic rings. The van der Waals surface area contributed by atoms with Crippen LogP contribution in [0.15, 0.2) is 18.2 Å². The van der Waals surface area contributed by atoms with Crippen molar-refractivity contribution >= 4 is 11.9 Å². The number of carbonyl (C=O) groups is 2. The van der Waals surface area contributed by atoms with E-state index in [2.05, 4.69) is 0 Å². The zero-order chi connectivity index (χ0) is 15.1. The monoisotopic (exact) mass is 287 g/mol. The van der Waals surface area contributed by atoms with Crippen molar-refractivity contribution in [1.29, 1.82) is 0 Å². The van der Waals surface area contributed by atoms with E-state index in [4.69, 9.17) is 9.84 Å². The molecule has 0 aliphatic heterocycles. The molecule has 0 fully saturated rings. The summed E-state index contributed by atoms with van der Waals surface area (Å²) >= 11 is 0. The molecule has 2 N–H and O–H groups in total. The number of hydrogen-bond donors (Lipinski definition) is 2. The maximum atomic E-state index is 13.8. The Bertz CT molecular complexity index is 493. The van der Waals surface area contributed by atoms with Gasteiger partial charge in [0.05, 0.1) is 7.11 Å². The third-order valence-electron chi connectivity index (χ3n) is 2.67. The third kappa shape index (κ3) is 4.18. The summed E-state index contributed by atoms with van der Waals surface area (Å²) < 4.78 is 30.9. The second kappa shape index (κ2) is 7.42. The van der Waals surface area contributed by atoms with Gasteiger partial charge in [-0.25, -0.2) is 13.6 Å². The van der Waals surface area contributed by atoms with Crippen molar-refractivity contribution in [2.75, 3.05) is 13.8 Å². The number of alkyl halides is 1. The van der Waals surface area contributed by atoms with Crippen molar-refractivity contribution in [2.24, 2.45) is 0 Å². The molecule has 0 saturated carbocycles. The van der Waals surface area contributed by atoms with Gasteiger partial charge < -0.3 is 15.2 Å². The van der Waals surface area contributed by atoms with Crippen LogP contribution >= 0.6 is 0 Å². The molecular formula is C13H15F2NO4. The number of halogens is 2. The number of nitrogens with one attached hydrogen (secondary N) is 1. The molecule has 1 aromatic rings. The molecule has 0 saturated heterocycles. The molecule has 1 rings (SSSR count). The molecule has 0 spiro atoms. The van der Waals surface area contributed by atoms with Crippen LogP contribution in [0.4, 0.5) is 8.78 Å². The molecule has 1 atom stereocenters. The minimum absolute atomic E-state index is 0.0630. The Morgan fingerprint density at radius 2 is 2.15 bits per heavy atom. The molecule has 20 heavy (non-hydrogen) atoms. The number of methoxy groups -OCH3 is 1. The van der Waals surface area contributed by atoms with E-state index in [1.54, 1.807) is 6.07 Å². The van der Waals surface area contributed by atoms with Crippen LogP contribution in [0, 0.1) is 5.82 Å². The Morgan fingerprint density at radius 1 is 1.45 bits per heavy atom. The predicted molar refractivity (Wildman–Crippen MR) is 66.8 cm³/mol. The van der Waals surface area contributed by atoms with Gasteiger partial charge in [0, 0.05) is 6.42 Å². The highest BCUT2D eigenvalue weighted by molar-refractivity contribution is 5.83. The summed E-state index contributed by atoms with van der Waals surface area (Å²) in [5, 5.41) is 10.6. The number of ether oxygens (including phenoxy) is 1. The Kier molecular flexibility index (Phi) is 5.89. The van der Waals surface area contributed by atoms with Gasteiger partial charge in [-0.15, -0.1) is 0 Å². The van der Waals surface area contributed by atoms with Crippen LogP contribution in [0.1, 0.15) is 12.0 Å². The lowest BCUT2D eigenvalue weighted by Gasteiger charge is -2.11. The smallest absolute Gasteiger partial charge is 0.328 e. The molecule has 7 heteroatoms. The first kappa shape index (κ1) is 15.9. The van der Waals surface area contributed by atoms with Gasteiger partial charge in [-0.05, 0) is 18.1 Å². The predicted octanol–water partition coefficient (Wildman–Crippen LogP) is 1.31.